The van der Waals surface area contributed by atoms with Crippen LogP contribution in [0.25, 0.3) is 0 Å². The number of carbonyl (C=O) groups excluding carboxylic acids is 2. The molecular formula is C16H14FN3O4S2. The molecule has 1 aromatic heterocycles. The molecule has 2 atom stereocenters. The zero-order valence-corrected chi connectivity index (χ0v) is 15.0. The lowest BCUT2D eigenvalue weighted by atomic mass is 10.1. The third-order valence-electron chi connectivity index (χ3n) is 4.48. The fourth-order valence-electron chi connectivity index (χ4n) is 3.30. The number of hydrogen-bond acceptors (Lipinski definition) is 5. The van der Waals surface area contributed by atoms with Crippen molar-refractivity contribution in [1.82, 2.24) is 9.62 Å². The van der Waals surface area contributed by atoms with E-state index >= 15 is 0 Å². The summed E-state index contributed by atoms with van der Waals surface area (Å²) in [6.45, 7) is 0.138. The molecule has 0 bridgehead atoms. The summed E-state index contributed by atoms with van der Waals surface area (Å²) in [5, 5.41) is 4.34. The standard InChI is InChI=1S/C16H14FN3O4S2/c17-10-3-5-11(6-4-10)20-15(21)14-12(18-16(20)22)7-8-19(14)26(23,24)13-2-1-9-25-13/h1-6,9,12,14H,7-8H2,(H,18,22)/t12-,14+/m1/s1. The number of thiophene rings is 1. The van der Waals surface area contributed by atoms with Gasteiger partial charge < -0.3 is 5.32 Å². The minimum atomic E-state index is -3.84. The van der Waals surface area contributed by atoms with Crippen molar-refractivity contribution in [3.05, 3.63) is 47.6 Å². The van der Waals surface area contributed by atoms with Crippen LogP contribution >= 0.6 is 11.3 Å². The summed E-state index contributed by atoms with van der Waals surface area (Å²) in [5.74, 6) is -1.14. The van der Waals surface area contributed by atoms with Gasteiger partial charge in [-0.3, -0.25) is 4.79 Å². The van der Waals surface area contributed by atoms with Crippen molar-refractivity contribution in [2.24, 2.45) is 0 Å². The van der Waals surface area contributed by atoms with Crippen molar-refractivity contribution in [3.63, 3.8) is 0 Å². The second kappa shape index (κ2) is 6.15. The van der Waals surface area contributed by atoms with Gasteiger partial charge >= 0.3 is 6.03 Å². The Morgan fingerprint density at radius 2 is 1.88 bits per heavy atom. The number of carbonyl (C=O) groups is 2. The summed E-state index contributed by atoms with van der Waals surface area (Å²) in [5.41, 5.74) is 0.188. The van der Waals surface area contributed by atoms with Crippen molar-refractivity contribution in [1.29, 1.82) is 0 Å². The maximum atomic E-state index is 13.1. The number of sulfonamides is 1. The first-order chi connectivity index (χ1) is 12.4. The van der Waals surface area contributed by atoms with Crippen LogP contribution in [0.5, 0.6) is 0 Å². The lowest BCUT2D eigenvalue weighted by molar-refractivity contribution is -0.122. The topological polar surface area (TPSA) is 86.8 Å². The van der Waals surface area contributed by atoms with Crippen molar-refractivity contribution < 1.29 is 22.4 Å². The summed E-state index contributed by atoms with van der Waals surface area (Å²) in [6, 6.07) is 5.75. The lowest BCUT2D eigenvalue weighted by Gasteiger charge is -2.36. The predicted octanol–water partition coefficient (Wildman–Crippen LogP) is 1.78. The number of urea groups is 1. The van der Waals surface area contributed by atoms with E-state index in [1.165, 1.54) is 18.2 Å². The van der Waals surface area contributed by atoms with Crippen molar-refractivity contribution in [2.45, 2.75) is 22.7 Å². The van der Waals surface area contributed by atoms with Gasteiger partial charge in [0.25, 0.3) is 15.9 Å². The third kappa shape index (κ3) is 2.61. The molecule has 2 aliphatic rings. The highest BCUT2D eigenvalue weighted by Gasteiger charge is 2.52. The molecule has 0 saturated carbocycles. The summed E-state index contributed by atoms with van der Waals surface area (Å²) in [4.78, 5) is 26.2. The number of halogens is 1. The number of nitrogens with one attached hydrogen (secondary N) is 1. The van der Waals surface area contributed by atoms with E-state index in [2.05, 4.69) is 5.32 Å². The number of fused-ring (bicyclic) bond motifs is 1. The first-order valence-corrected chi connectivity index (χ1v) is 10.2. The lowest BCUT2D eigenvalue weighted by Crippen LogP contribution is -2.64. The number of anilines is 1. The molecule has 1 N–H and O–H groups in total. The molecule has 26 heavy (non-hydrogen) atoms. The second-order valence-corrected chi connectivity index (χ2v) is 9.05. The number of amides is 3. The third-order valence-corrected chi connectivity index (χ3v) is 7.73. The molecule has 0 spiro atoms. The summed E-state index contributed by atoms with van der Waals surface area (Å²) < 4.78 is 40.2. The smallest absolute Gasteiger partial charge is 0.329 e. The molecule has 0 unspecified atom stereocenters. The molecular weight excluding hydrogens is 381 g/mol. The highest BCUT2D eigenvalue weighted by molar-refractivity contribution is 7.91. The monoisotopic (exact) mass is 395 g/mol. The zero-order chi connectivity index (χ0) is 18.5. The Morgan fingerprint density at radius 1 is 1.15 bits per heavy atom. The molecule has 7 nitrogen and oxygen atoms in total. The van der Waals surface area contributed by atoms with Gasteiger partial charge in [-0.25, -0.2) is 22.5 Å². The van der Waals surface area contributed by atoms with Crippen LogP contribution in [-0.2, 0) is 14.8 Å². The van der Waals surface area contributed by atoms with Gasteiger partial charge in [0.15, 0.2) is 0 Å². The van der Waals surface area contributed by atoms with Crippen LogP contribution in [0.2, 0.25) is 0 Å². The van der Waals surface area contributed by atoms with Gasteiger partial charge in [-0.1, -0.05) is 6.07 Å². The molecule has 10 heteroatoms. The maximum Gasteiger partial charge on any atom is 0.329 e. The van der Waals surface area contributed by atoms with E-state index in [0.29, 0.717) is 6.42 Å². The van der Waals surface area contributed by atoms with Gasteiger partial charge in [-0.15, -0.1) is 11.3 Å². The number of hydrogen-bond donors (Lipinski definition) is 1. The molecule has 3 heterocycles. The molecule has 2 aliphatic heterocycles. The van der Waals surface area contributed by atoms with Gasteiger partial charge in [-0.05, 0) is 42.1 Å². The first-order valence-electron chi connectivity index (χ1n) is 7.85. The molecule has 136 valence electrons. The molecule has 0 radical (unpaired) electrons. The molecule has 2 fully saturated rings. The maximum absolute atomic E-state index is 13.1. The number of rotatable bonds is 3. The van der Waals surface area contributed by atoms with Crippen LogP contribution in [0.3, 0.4) is 0 Å². The Balaban J connectivity index is 1.71. The van der Waals surface area contributed by atoms with Crippen LogP contribution in [-0.4, -0.2) is 43.3 Å². The zero-order valence-electron chi connectivity index (χ0n) is 13.3. The summed E-state index contributed by atoms with van der Waals surface area (Å²) >= 11 is 1.07. The Kier molecular flexibility index (Phi) is 4.05. The van der Waals surface area contributed by atoms with E-state index in [4.69, 9.17) is 0 Å². The molecule has 4 rings (SSSR count). The number of imide groups is 1. The largest absolute Gasteiger partial charge is 0.332 e. The van der Waals surface area contributed by atoms with Crippen molar-refractivity contribution in [2.75, 3.05) is 11.4 Å². The average Bonchev–Trinajstić information content (AvgIpc) is 3.26. The van der Waals surface area contributed by atoms with Crippen molar-refractivity contribution in [3.8, 4) is 0 Å². The van der Waals surface area contributed by atoms with Crippen LogP contribution in [0.4, 0.5) is 14.9 Å². The van der Waals surface area contributed by atoms with E-state index in [1.807, 2.05) is 0 Å². The Bertz CT molecular complexity index is 960. The highest BCUT2D eigenvalue weighted by atomic mass is 32.2. The molecule has 3 amide bonds. The quantitative estimate of drug-likeness (QED) is 0.858. The average molecular weight is 395 g/mol. The first kappa shape index (κ1) is 17.1. The molecule has 2 aromatic rings. The number of nitrogens with zero attached hydrogens (tertiary/aromatic N) is 2. The predicted molar refractivity (Wildman–Crippen MR) is 92.8 cm³/mol. The van der Waals surface area contributed by atoms with Gasteiger partial charge in [0, 0.05) is 6.54 Å². The Hall–Kier alpha value is -2.30. The normalized spacial score (nSPS) is 23.8. The van der Waals surface area contributed by atoms with E-state index in [1.54, 1.807) is 11.4 Å². The van der Waals surface area contributed by atoms with Crippen LogP contribution < -0.4 is 10.2 Å². The van der Waals surface area contributed by atoms with E-state index in [9.17, 15) is 22.4 Å². The molecule has 0 aliphatic carbocycles. The molecule has 1 aromatic carbocycles. The van der Waals surface area contributed by atoms with Gasteiger partial charge in [-0.2, -0.15) is 4.31 Å². The van der Waals surface area contributed by atoms with Gasteiger partial charge in [0.05, 0.1) is 11.7 Å². The Labute approximate surface area is 153 Å². The number of benzene rings is 1. The van der Waals surface area contributed by atoms with Crippen LogP contribution in [0.15, 0.2) is 46.0 Å². The Morgan fingerprint density at radius 3 is 2.54 bits per heavy atom. The fraction of sp³-hybridized carbons (Fsp3) is 0.250. The highest BCUT2D eigenvalue weighted by Crippen LogP contribution is 2.33. The van der Waals surface area contributed by atoms with Crippen LogP contribution in [0.1, 0.15) is 6.42 Å². The minimum absolute atomic E-state index is 0.138. The SMILES string of the molecule is O=C1N[C@@H]2CCN(S(=O)(=O)c3cccs3)[C@@H]2C(=O)N1c1ccc(F)cc1. The van der Waals surface area contributed by atoms with E-state index in [-0.39, 0.29) is 16.4 Å². The van der Waals surface area contributed by atoms with Gasteiger partial charge in [0.2, 0.25) is 0 Å². The second-order valence-electron chi connectivity index (χ2n) is 5.99. The summed E-state index contributed by atoms with van der Waals surface area (Å²) in [7, 11) is -3.84. The van der Waals surface area contributed by atoms with E-state index in [0.717, 1.165) is 32.7 Å². The molecule has 2 saturated heterocycles. The van der Waals surface area contributed by atoms with Crippen molar-refractivity contribution >= 4 is 39.0 Å². The fourth-order valence-corrected chi connectivity index (χ4v) is 6.05. The minimum Gasteiger partial charge on any atom is -0.332 e. The summed E-state index contributed by atoms with van der Waals surface area (Å²) in [6.07, 6.45) is 0.351. The van der Waals surface area contributed by atoms with Gasteiger partial charge in [0.1, 0.15) is 16.1 Å². The van der Waals surface area contributed by atoms with Crippen LogP contribution in [0, 0.1) is 5.82 Å². The van der Waals surface area contributed by atoms with E-state index < -0.39 is 39.9 Å².